The van der Waals surface area contributed by atoms with E-state index >= 15 is 0 Å². The highest BCUT2D eigenvalue weighted by Gasteiger charge is 2.18. The fourth-order valence-electron chi connectivity index (χ4n) is 1.39. The van der Waals surface area contributed by atoms with Gasteiger partial charge in [0.2, 0.25) is 0 Å². The first-order chi connectivity index (χ1) is 8.41. The first kappa shape index (κ1) is 13.5. The molecule has 11 heteroatoms. The quantitative estimate of drug-likeness (QED) is 0.222. The predicted octanol–water partition coefficient (Wildman–Crippen LogP) is 1.90. The Hall–Kier alpha value is -0.950. The van der Waals surface area contributed by atoms with Gasteiger partial charge in [-0.25, -0.2) is 5.26 Å². The number of hydrogen-bond donors (Lipinski definition) is 4. The number of nitrogens with one attached hydrogen (secondary N) is 2. The van der Waals surface area contributed by atoms with E-state index in [1.165, 1.54) is 6.07 Å². The number of aromatic nitrogens is 2. The molecule has 0 bridgehead atoms. The largest absolute Gasteiger partial charge is 0.331 e. The standard InChI is InChI=1S/C7H6N2O6S3/c10-14-15-17-3-1-4-6(9-7(16)8-4)5(2-3)18(11,12)13/h1-2,10H,(H2,8,9,16)(H,11,12,13). The summed E-state index contributed by atoms with van der Waals surface area (Å²) in [6, 6.07) is 2.64. The van der Waals surface area contributed by atoms with E-state index < -0.39 is 10.1 Å². The number of aromatic amines is 2. The molecule has 0 saturated carbocycles. The Balaban J connectivity index is 2.68. The summed E-state index contributed by atoms with van der Waals surface area (Å²) in [5.74, 6) is 0. The average Bonchev–Trinajstić information content (AvgIpc) is 2.63. The zero-order valence-electron chi connectivity index (χ0n) is 8.41. The minimum absolute atomic E-state index is 0.150. The second-order valence-corrected chi connectivity index (χ2v) is 5.70. The Kier molecular flexibility index (Phi) is 3.72. The molecule has 0 saturated heterocycles. The van der Waals surface area contributed by atoms with Gasteiger partial charge in [0.15, 0.2) is 4.77 Å². The third-order valence-electron chi connectivity index (χ3n) is 2.00. The minimum atomic E-state index is -4.43. The van der Waals surface area contributed by atoms with Crippen molar-refractivity contribution in [2.75, 3.05) is 0 Å². The average molecular weight is 310 g/mol. The van der Waals surface area contributed by atoms with Crippen LogP contribution in [0.1, 0.15) is 0 Å². The highest BCUT2D eigenvalue weighted by atomic mass is 32.2. The van der Waals surface area contributed by atoms with Gasteiger partial charge in [0.1, 0.15) is 4.90 Å². The molecule has 4 N–H and O–H groups in total. The summed E-state index contributed by atoms with van der Waals surface area (Å²) < 4.78 is 36.0. The fraction of sp³-hybridized carbons (Fsp3) is 0. The molecule has 0 unspecified atom stereocenters. The first-order valence-corrected chi connectivity index (χ1v) is 6.89. The maximum Gasteiger partial charge on any atom is 0.296 e. The molecule has 18 heavy (non-hydrogen) atoms. The molecule has 8 nitrogen and oxygen atoms in total. The topological polar surface area (TPSA) is 125 Å². The second-order valence-electron chi connectivity index (χ2n) is 3.12. The van der Waals surface area contributed by atoms with Gasteiger partial charge >= 0.3 is 0 Å². The zero-order chi connectivity index (χ0) is 13.3. The van der Waals surface area contributed by atoms with Gasteiger partial charge in [-0.15, -0.1) is 4.33 Å². The molecule has 0 radical (unpaired) electrons. The fourth-order valence-corrected chi connectivity index (χ4v) is 2.81. The third-order valence-corrected chi connectivity index (χ3v) is 3.64. The number of imidazole rings is 1. The van der Waals surface area contributed by atoms with Gasteiger partial charge in [0.25, 0.3) is 10.1 Å². The molecule has 1 aromatic heterocycles. The highest BCUT2D eigenvalue weighted by Crippen LogP contribution is 2.28. The van der Waals surface area contributed by atoms with E-state index in [0.717, 1.165) is 6.07 Å². The Morgan fingerprint density at radius 2 is 2.06 bits per heavy atom. The normalized spacial score (nSPS) is 12.1. The molecule has 2 rings (SSSR count). The van der Waals surface area contributed by atoms with Crippen molar-refractivity contribution in [3.63, 3.8) is 0 Å². The number of fused-ring (bicyclic) bond motifs is 1. The van der Waals surface area contributed by atoms with Crippen LogP contribution in [0.25, 0.3) is 11.0 Å². The Morgan fingerprint density at radius 3 is 2.67 bits per heavy atom. The van der Waals surface area contributed by atoms with E-state index in [2.05, 4.69) is 19.3 Å². The predicted molar refractivity (Wildman–Crippen MR) is 64.0 cm³/mol. The van der Waals surface area contributed by atoms with Crippen molar-refractivity contribution in [3.8, 4) is 0 Å². The van der Waals surface area contributed by atoms with Gasteiger partial charge in [-0.2, -0.15) is 8.42 Å². The Labute approximate surface area is 110 Å². The van der Waals surface area contributed by atoms with Gasteiger partial charge in [0, 0.05) is 4.90 Å². The number of hydrogen-bond acceptors (Lipinski definition) is 7. The molecular formula is C7H6N2O6S3. The summed E-state index contributed by atoms with van der Waals surface area (Å²) in [6.07, 6.45) is 0. The van der Waals surface area contributed by atoms with Crippen LogP contribution in [-0.2, 0) is 19.5 Å². The van der Waals surface area contributed by atoms with E-state index in [9.17, 15) is 8.42 Å². The lowest BCUT2D eigenvalue weighted by molar-refractivity contribution is -0.432. The highest BCUT2D eigenvalue weighted by molar-refractivity contribution is 7.94. The summed E-state index contributed by atoms with van der Waals surface area (Å²) in [5.41, 5.74) is 0.510. The summed E-state index contributed by atoms with van der Waals surface area (Å²) >= 11 is 5.40. The minimum Gasteiger partial charge on any atom is -0.331 e. The van der Waals surface area contributed by atoms with E-state index in [4.69, 9.17) is 22.0 Å². The monoisotopic (exact) mass is 310 g/mol. The Morgan fingerprint density at radius 1 is 1.33 bits per heavy atom. The summed E-state index contributed by atoms with van der Waals surface area (Å²) in [6.45, 7) is 0. The van der Waals surface area contributed by atoms with Gasteiger partial charge < -0.3 is 9.97 Å². The van der Waals surface area contributed by atoms with Crippen LogP contribution in [0.3, 0.4) is 0 Å². The molecule has 1 heterocycles. The second kappa shape index (κ2) is 4.97. The molecule has 2 aromatic rings. The molecule has 98 valence electrons. The molecular weight excluding hydrogens is 304 g/mol. The summed E-state index contributed by atoms with van der Waals surface area (Å²) in [4.78, 5) is 5.21. The van der Waals surface area contributed by atoms with Crippen molar-refractivity contribution < 1.29 is 27.6 Å². The maximum atomic E-state index is 11.2. The van der Waals surface area contributed by atoms with E-state index in [-0.39, 0.29) is 20.1 Å². The van der Waals surface area contributed by atoms with Crippen LogP contribution in [-0.4, -0.2) is 28.2 Å². The van der Waals surface area contributed by atoms with Crippen LogP contribution >= 0.6 is 24.3 Å². The van der Waals surface area contributed by atoms with Crippen LogP contribution in [0.5, 0.6) is 0 Å². The van der Waals surface area contributed by atoms with Gasteiger partial charge in [-0.3, -0.25) is 4.55 Å². The lowest BCUT2D eigenvalue weighted by atomic mass is 10.3. The molecule has 0 aliphatic heterocycles. The number of rotatable bonds is 4. The van der Waals surface area contributed by atoms with Gasteiger partial charge in [-0.1, -0.05) is 5.04 Å². The van der Waals surface area contributed by atoms with Crippen molar-refractivity contribution in [2.24, 2.45) is 0 Å². The maximum absolute atomic E-state index is 11.2. The van der Waals surface area contributed by atoms with E-state index in [1.54, 1.807) is 0 Å². The Bertz CT molecular complexity index is 733. The molecule has 0 fully saturated rings. The molecule has 0 amide bonds. The lowest BCUT2D eigenvalue weighted by Gasteiger charge is -2.02. The van der Waals surface area contributed by atoms with E-state index in [1.807, 2.05) is 0 Å². The van der Waals surface area contributed by atoms with E-state index in [0.29, 0.717) is 17.6 Å². The molecule has 0 atom stereocenters. The van der Waals surface area contributed by atoms with Crippen LogP contribution < -0.4 is 0 Å². The summed E-state index contributed by atoms with van der Waals surface area (Å²) in [5, 5.41) is 11.4. The molecule has 0 spiro atoms. The SMILES string of the molecule is O=S(=O)(O)c1cc(SOOO)cc2[nH]c(=S)[nH]c12. The number of benzene rings is 1. The first-order valence-electron chi connectivity index (χ1n) is 4.30. The van der Waals surface area contributed by atoms with Crippen molar-refractivity contribution >= 4 is 45.4 Å². The van der Waals surface area contributed by atoms with Gasteiger partial charge in [-0.05, 0) is 24.4 Å². The van der Waals surface area contributed by atoms with Crippen LogP contribution in [0.2, 0.25) is 0 Å². The van der Waals surface area contributed by atoms with Crippen molar-refractivity contribution in [1.82, 2.24) is 9.97 Å². The molecule has 0 aliphatic carbocycles. The van der Waals surface area contributed by atoms with Crippen LogP contribution in [0.15, 0.2) is 21.9 Å². The molecule has 1 aromatic carbocycles. The number of H-pyrrole nitrogens is 2. The summed E-state index contributed by atoms with van der Waals surface area (Å²) in [7, 11) is -4.43. The van der Waals surface area contributed by atoms with Crippen molar-refractivity contribution in [2.45, 2.75) is 9.79 Å². The molecule has 0 aliphatic rings. The zero-order valence-corrected chi connectivity index (χ0v) is 10.9. The van der Waals surface area contributed by atoms with Gasteiger partial charge in [0.05, 0.1) is 23.1 Å². The smallest absolute Gasteiger partial charge is 0.296 e. The van der Waals surface area contributed by atoms with Crippen molar-refractivity contribution in [3.05, 3.63) is 16.9 Å². The third kappa shape index (κ3) is 2.72. The van der Waals surface area contributed by atoms with Crippen LogP contribution in [0, 0.1) is 4.77 Å². The lowest BCUT2D eigenvalue weighted by Crippen LogP contribution is -1.99. The van der Waals surface area contributed by atoms with Crippen LogP contribution in [0.4, 0.5) is 0 Å². The van der Waals surface area contributed by atoms with Crippen molar-refractivity contribution in [1.29, 1.82) is 0 Å².